The highest BCUT2D eigenvalue weighted by Crippen LogP contribution is 2.46. The van der Waals surface area contributed by atoms with E-state index in [1.165, 1.54) is 0 Å². The van der Waals surface area contributed by atoms with Gasteiger partial charge in [0.2, 0.25) is 5.91 Å². The van der Waals surface area contributed by atoms with Crippen molar-refractivity contribution in [2.24, 2.45) is 5.92 Å². The second-order valence-electron chi connectivity index (χ2n) is 6.40. The summed E-state index contributed by atoms with van der Waals surface area (Å²) in [6.45, 7) is 3.56. The molecular weight excluding hydrogens is 293 g/mol. The van der Waals surface area contributed by atoms with Gasteiger partial charge in [0.25, 0.3) is 0 Å². The van der Waals surface area contributed by atoms with E-state index in [9.17, 15) is 9.18 Å². The van der Waals surface area contributed by atoms with Crippen LogP contribution in [0.4, 0.5) is 4.39 Å². The summed E-state index contributed by atoms with van der Waals surface area (Å²) in [6.07, 6.45) is 3.59. The fourth-order valence-electron chi connectivity index (χ4n) is 3.38. The van der Waals surface area contributed by atoms with Crippen LogP contribution in [0, 0.1) is 5.92 Å². The number of amides is 1. The third-order valence-corrected chi connectivity index (χ3v) is 6.28. The first kappa shape index (κ1) is 15.6. The van der Waals surface area contributed by atoms with Gasteiger partial charge in [-0.25, -0.2) is 0 Å². The van der Waals surface area contributed by atoms with Gasteiger partial charge in [-0.2, -0.15) is 0 Å². The van der Waals surface area contributed by atoms with Gasteiger partial charge in [-0.1, -0.05) is 0 Å². The number of ether oxygens (including phenoxy) is 2. The quantitative estimate of drug-likeness (QED) is 0.776. The van der Waals surface area contributed by atoms with Crippen molar-refractivity contribution in [1.29, 1.82) is 0 Å². The molecule has 3 heterocycles. The summed E-state index contributed by atoms with van der Waals surface area (Å²) in [5.74, 6) is 1.62. The maximum absolute atomic E-state index is 12.2. The molecule has 3 fully saturated rings. The van der Waals surface area contributed by atoms with Crippen LogP contribution in [0.3, 0.4) is 0 Å². The first-order valence-electron chi connectivity index (χ1n) is 7.88. The van der Waals surface area contributed by atoms with Gasteiger partial charge in [0, 0.05) is 38.7 Å². The van der Waals surface area contributed by atoms with Crippen LogP contribution in [0.1, 0.15) is 25.7 Å². The van der Waals surface area contributed by atoms with E-state index in [1.54, 1.807) is 4.90 Å². The summed E-state index contributed by atoms with van der Waals surface area (Å²) in [7, 11) is 0. The normalized spacial score (nSPS) is 28.8. The Hall–Kier alpha value is -0.330. The summed E-state index contributed by atoms with van der Waals surface area (Å²) in [5.41, 5.74) is 0. The van der Waals surface area contributed by atoms with Gasteiger partial charge in [-0.3, -0.25) is 9.18 Å². The van der Waals surface area contributed by atoms with E-state index in [0.717, 1.165) is 57.9 Å². The van der Waals surface area contributed by atoms with E-state index in [4.69, 9.17) is 9.47 Å². The van der Waals surface area contributed by atoms with Crippen molar-refractivity contribution in [3.8, 4) is 0 Å². The molecule has 0 saturated carbocycles. The molecule has 6 heteroatoms. The second kappa shape index (κ2) is 6.84. The number of likely N-dealkylation sites (tertiary alicyclic amines) is 1. The third kappa shape index (κ3) is 3.71. The standard InChI is InChI=1S/C15H24FNO3S/c16-4-1-14(18)17-10-15(11-17)7-13(9-21-15)20-8-12-2-5-19-6-3-12/h12-13H,1-11H2/t13-/m1/s1. The maximum atomic E-state index is 12.2. The van der Waals surface area contributed by atoms with Crippen LogP contribution in [0.15, 0.2) is 0 Å². The SMILES string of the molecule is O=C(CCF)N1CC2(C[C@@H](OCC3CCOCC3)CS2)C1. The Morgan fingerprint density at radius 2 is 2.14 bits per heavy atom. The summed E-state index contributed by atoms with van der Waals surface area (Å²) in [5, 5.41) is 0. The first-order valence-corrected chi connectivity index (χ1v) is 8.86. The molecule has 3 rings (SSSR count). The maximum Gasteiger partial charge on any atom is 0.225 e. The smallest absolute Gasteiger partial charge is 0.225 e. The predicted octanol–water partition coefficient (Wildman–Crippen LogP) is 1.88. The molecule has 0 bridgehead atoms. The van der Waals surface area contributed by atoms with Crippen LogP contribution in [0.5, 0.6) is 0 Å². The number of carbonyl (C=O) groups excluding carboxylic acids is 1. The Kier molecular flexibility index (Phi) is 5.07. The van der Waals surface area contributed by atoms with Crippen molar-refractivity contribution < 1.29 is 18.7 Å². The number of nitrogens with zero attached hydrogens (tertiary/aromatic N) is 1. The van der Waals surface area contributed by atoms with Crippen LogP contribution >= 0.6 is 11.8 Å². The van der Waals surface area contributed by atoms with Crippen molar-refractivity contribution in [2.45, 2.75) is 36.5 Å². The van der Waals surface area contributed by atoms with E-state index >= 15 is 0 Å². The molecule has 0 unspecified atom stereocenters. The van der Waals surface area contributed by atoms with Crippen LogP contribution in [0.2, 0.25) is 0 Å². The number of hydrogen-bond donors (Lipinski definition) is 0. The summed E-state index contributed by atoms with van der Waals surface area (Å²) in [6, 6.07) is 0. The van der Waals surface area contributed by atoms with Crippen molar-refractivity contribution >= 4 is 17.7 Å². The Bertz CT molecular complexity index is 370. The minimum Gasteiger partial charge on any atom is -0.381 e. The lowest BCUT2D eigenvalue weighted by Gasteiger charge is -2.47. The zero-order valence-electron chi connectivity index (χ0n) is 12.4. The minimum atomic E-state index is -0.549. The molecule has 3 saturated heterocycles. The summed E-state index contributed by atoms with van der Waals surface area (Å²) in [4.78, 5) is 13.4. The lowest BCUT2D eigenvalue weighted by Crippen LogP contribution is -2.60. The van der Waals surface area contributed by atoms with E-state index in [2.05, 4.69) is 0 Å². The van der Waals surface area contributed by atoms with Gasteiger partial charge in [0.15, 0.2) is 0 Å². The van der Waals surface area contributed by atoms with Crippen LogP contribution in [-0.4, -0.2) is 67.0 Å². The zero-order valence-corrected chi connectivity index (χ0v) is 13.2. The predicted molar refractivity (Wildman–Crippen MR) is 80.3 cm³/mol. The van der Waals surface area contributed by atoms with Crippen molar-refractivity contribution in [1.82, 2.24) is 4.90 Å². The average Bonchev–Trinajstić information content (AvgIpc) is 2.89. The number of halogens is 1. The molecule has 0 aromatic rings. The number of thioether (sulfide) groups is 1. The Balaban J connectivity index is 1.37. The molecule has 1 spiro atoms. The van der Waals surface area contributed by atoms with Gasteiger partial charge in [-0.05, 0) is 25.2 Å². The number of carbonyl (C=O) groups is 1. The molecule has 0 aromatic carbocycles. The molecule has 21 heavy (non-hydrogen) atoms. The van der Waals surface area contributed by atoms with Crippen molar-refractivity contribution in [3.05, 3.63) is 0 Å². The molecule has 1 amide bonds. The summed E-state index contributed by atoms with van der Waals surface area (Å²) >= 11 is 1.93. The summed E-state index contributed by atoms with van der Waals surface area (Å²) < 4.78 is 23.8. The van der Waals surface area contributed by atoms with Gasteiger partial charge in [0.05, 0.1) is 23.9 Å². The lowest BCUT2D eigenvalue weighted by atomic mass is 9.92. The fourth-order valence-corrected chi connectivity index (χ4v) is 4.93. The molecule has 0 N–H and O–H groups in total. The van der Waals surface area contributed by atoms with Gasteiger partial charge < -0.3 is 14.4 Å². The molecule has 0 aliphatic carbocycles. The largest absolute Gasteiger partial charge is 0.381 e. The second-order valence-corrected chi connectivity index (χ2v) is 7.89. The Morgan fingerprint density at radius 1 is 1.38 bits per heavy atom. The zero-order chi connectivity index (χ0) is 14.7. The molecular formula is C15H24FNO3S. The Labute approximate surface area is 129 Å². The highest BCUT2D eigenvalue weighted by Gasteiger charge is 2.50. The lowest BCUT2D eigenvalue weighted by molar-refractivity contribution is -0.137. The molecule has 3 aliphatic rings. The molecule has 0 aromatic heterocycles. The van der Waals surface area contributed by atoms with Crippen LogP contribution < -0.4 is 0 Å². The molecule has 1 atom stereocenters. The highest BCUT2D eigenvalue weighted by atomic mass is 32.2. The average molecular weight is 317 g/mol. The monoisotopic (exact) mass is 317 g/mol. The van der Waals surface area contributed by atoms with Crippen LogP contribution in [-0.2, 0) is 14.3 Å². The van der Waals surface area contributed by atoms with Gasteiger partial charge >= 0.3 is 0 Å². The molecule has 0 radical (unpaired) electrons. The molecule has 120 valence electrons. The first-order chi connectivity index (χ1) is 10.2. The van der Waals surface area contributed by atoms with E-state index in [0.29, 0.717) is 12.0 Å². The number of hydrogen-bond acceptors (Lipinski definition) is 4. The third-order valence-electron chi connectivity index (χ3n) is 4.70. The van der Waals surface area contributed by atoms with Gasteiger partial charge in [-0.15, -0.1) is 11.8 Å². The topological polar surface area (TPSA) is 38.8 Å². The van der Waals surface area contributed by atoms with Crippen LogP contribution in [0.25, 0.3) is 0 Å². The number of alkyl halides is 1. The minimum absolute atomic E-state index is 0.0322. The van der Waals surface area contributed by atoms with E-state index in [-0.39, 0.29) is 17.1 Å². The fraction of sp³-hybridized carbons (Fsp3) is 0.933. The Morgan fingerprint density at radius 3 is 2.86 bits per heavy atom. The molecule has 4 nitrogen and oxygen atoms in total. The van der Waals surface area contributed by atoms with E-state index in [1.807, 2.05) is 11.8 Å². The molecule has 3 aliphatic heterocycles. The number of rotatable bonds is 5. The van der Waals surface area contributed by atoms with Crippen molar-refractivity contribution in [3.63, 3.8) is 0 Å². The highest BCUT2D eigenvalue weighted by molar-refractivity contribution is 8.01. The van der Waals surface area contributed by atoms with Crippen molar-refractivity contribution in [2.75, 3.05) is 45.3 Å². The van der Waals surface area contributed by atoms with Gasteiger partial charge in [0.1, 0.15) is 0 Å². The van der Waals surface area contributed by atoms with E-state index < -0.39 is 6.67 Å².